The van der Waals surface area contributed by atoms with Crippen LogP contribution in [0.2, 0.25) is 0 Å². The number of hydrogen-bond acceptors (Lipinski definition) is 7. The molecule has 7 heteroatoms. The van der Waals surface area contributed by atoms with E-state index in [9.17, 15) is 10.1 Å². The van der Waals surface area contributed by atoms with Crippen LogP contribution >= 0.6 is 35.3 Å². The Morgan fingerprint density at radius 3 is 2.77 bits per heavy atom. The third-order valence-corrected chi connectivity index (χ3v) is 5.59. The molecule has 0 radical (unpaired) electrons. The van der Waals surface area contributed by atoms with Crippen molar-refractivity contribution in [2.75, 3.05) is 6.61 Å². The minimum absolute atomic E-state index is 0.161. The predicted octanol–water partition coefficient (Wildman–Crippen LogP) is 4.99. The van der Waals surface area contributed by atoms with E-state index in [1.165, 1.54) is 0 Å². The molecule has 0 amide bonds. The number of esters is 1. The molecular formula is C19H19NO3S3. The molecule has 1 aromatic heterocycles. The highest BCUT2D eigenvalue weighted by Gasteiger charge is 2.29. The summed E-state index contributed by atoms with van der Waals surface area (Å²) in [5.74, 6) is 0.315. The zero-order chi connectivity index (χ0) is 18.8. The molecule has 0 spiro atoms. The summed E-state index contributed by atoms with van der Waals surface area (Å²) >= 11 is 7.99. The Balaban J connectivity index is 1.74. The van der Waals surface area contributed by atoms with Crippen molar-refractivity contribution >= 4 is 45.7 Å². The van der Waals surface area contributed by atoms with Crippen LogP contribution in [0.25, 0.3) is 0 Å². The summed E-state index contributed by atoms with van der Waals surface area (Å²) in [7, 11) is 0. The fraction of sp³-hybridized carbons (Fsp3) is 0.316. The van der Waals surface area contributed by atoms with Crippen LogP contribution in [0.15, 0.2) is 47.2 Å². The molecule has 1 heterocycles. The van der Waals surface area contributed by atoms with E-state index >= 15 is 0 Å². The van der Waals surface area contributed by atoms with Crippen LogP contribution in [0.4, 0.5) is 0 Å². The Hall–Kier alpha value is -1.88. The van der Waals surface area contributed by atoms with Crippen molar-refractivity contribution in [3.05, 3.63) is 52.7 Å². The lowest BCUT2D eigenvalue weighted by Gasteiger charge is -2.20. The van der Waals surface area contributed by atoms with Crippen LogP contribution in [-0.4, -0.2) is 21.7 Å². The summed E-state index contributed by atoms with van der Waals surface area (Å²) in [6.45, 7) is 2.10. The van der Waals surface area contributed by atoms with Crippen molar-refractivity contribution in [2.24, 2.45) is 0 Å². The molecule has 136 valence electrons. The molecule has 4 nitrogen and oxygen atoms in total. The molecule has 2 aromatic rings. The smallest absolute Gasteiger partial charge is 0.305 e. The van der Waals surface area contributed by atoms with Gasteiger partial charge in [0.25, 0.3) is 0 Å². The Morgan fingerprint density at radius 2 is 2.12 bits per heavy atom. The number of nitriles is 1. The molecule has 1 aromatic carbocycles. The predicted molar refractivity (Wildman–Crippen MR) is 109 cm³/mol. The molecule has 1 atom stereocenters. The second kappa shape index (κ2) is 10.3. The van der Waals surface area contributed by atoms with Crippen LogP contribution in [0.1, 0.15) is 25.3 Å². The van der Waals surface area contributed by atoms with Gasteiger partial charge >= 0.3 is 5.97 Å². The van der Waals surface area contributed by atoms with Gasteiger partial charge < -0.3 is 9.47 Å². The van der Waals surface area contributed by atoms with Crippen molar-refractivity contribution in [3.8, 4) is 11.8 Å². The number of nitrogens with zero attached hydrogens (tertiary/aromatic N) is 1. The molecule has 26 heavy (non-hydrogen) atoms. The maximum Gasteiger partial charge on any atom is 0.305 e. The van der Waals surface area contributed by atoms with Crippen LogP contribution in [0.5, 0.6) is 5.75 Å². The van der Waals surface area contributed by atoms with Crippen molar-refractivity contribution in [1.29, 1.82) is 5.26 Å². The van der Waals surface area contributed by atoms with E-state index in [4.69, 9.17) is 21.7 Å². The standard InChI is InChI=1S/C19H19NO3S3/c1-19(14-20,26-18(24)23-16-5-3-2-4-6-16)10-7-17(21)22-11-8-15-9-12-25-13-15/h2-6,9,12-13H,7-8,10-11H2,1H3. The molecular weight excluding hydrogens is 386 g/mol. The van der Waals surface area contributed by atoms with Gasteiger partial charge in [-0.3, -0.25) is 4.79 Å². The normalized spacial score (nSPS) is 12.6. The fourth-order valence-electron chi connectivity index (χ4n) is 2.05. The lowest BCUT2D eigenvalue weighted by molar-refractivity contribution is -0.143. The highest BCUT2D eigenvalue weighted by atomic mass is 32.2. The summed E-state index contributed by atoms with van der Waals surface area (Å²) in [5.41, 5.74) is 1.16. The van der Waals surface area contributed by atoms with Gasteiger partial charge in [-0.15, -0.1) is 0 Å². The minimum atomic E-state index is -0.849. The van der Waals surface area contributed by atoms with Gasteiger partial charge in [0, 0.05) is 12.8 Å². The van der Waals surface area contributed by atoms with Gasteiger partial charge in [-0.05, 0) is 60.1 Å². The van der Waals surface area contributed by atoms with Crippen LogP contribution in [-0.2, 0) is 16.0 Å². The first-order valence-electron chi connectivity index (χ1n) is 8.04. The maximum absolute atomic E-state index is 11.9. The average molecular weight is 406 g/mol. The number of para-hydroxylation sites is 1. The third kappa shape index (κ3) is 7.16. The first-order chi connectivity index (χ1) is 12.5. The molecule has 2 rings (SSSR count). The first kappa shape index (κ1) is 20.4. The summed E-state index contributed by atoms with van der Waals surface area (Å²) in [4.78, 5) is 11.9. The van der Waals surface area contributed by atoms with Crippen molar-refractivity contribution < 1.29 is 14.3 Å². The van der Waals surface area contributed by atoms with Crippen molar-refractivity contribution in [3.63, 3.8) is 0 Å². The number of ether oxygens (including phenoxy) is 2. The van der Waals surface area contributed by atoms with Gasteiger partial charge in [-0.2, -0.15) is 16.6 Å². The second-order valence-corrected chi connectivity index (χ2v) is 8.60. The summed E-state index contributed by atoms with van der Waals surface area (Å²) < 4.78 is 10.2. The lowest BCUT2D eigenvalue weighted by Crippen LogP contribution is -2.23. The average Bonchev–Trinajstić information content (AvgIpc) is 3.14. The van der Waals surface area contributed by atoms with Crippen LogP contribution in [0, 0.1) is 11.3 Å². The highest BCUT2D eigenvalue weighted by molar-refractivity contribution is 8.23. The Labute approximate surface area is 167 Å². The Bertz CT molecular complexity index is 756. The number of thiocarbonyl (C=S) groups is 1. The molecule has 0 N–H and O–H groups in total. The van der Waals surface area contributed by atoms with E-state index in [2.05, 4.69) is 6.07 Å². The zero-order valence-electron chi connectivity index (χ0n) is 14.3. The molecule has 0 aliphatic heterocycles. The number of carbonyl (C=O) groups excluding carboxylic acids is 1. The summed E-state index contributed by atoms with van der Waals surface area (Å²) in [6.07, 6.45) is 1.20. The van der Waals surface area contributed by atoms with Gasteiger partial charge in [-0.25, -0.2) is 0 Å². The Kier molecular flexibility index (Phi) is 8.10. The lowest BCUT2D eigenvalue weighted by atomic mass is 10.1. The fourth-order valence-corrected chi connectivity index (χ4v) is 4.16. The van der Waals surface area contributed by atoms with Gasteiger partial charge in [0.2, 0.25) is 4.38 Å². The van der Waals surface area contributed by atoms with Gasteiger partial charge in [0.05, 0.1) is 12.7 Å². The summed E-state index contributed by atoms with van der Waals surface area (Å²) in [5, 5.41) is 13.5. The summed E-state index contributed by atoms with van der Waals surface area (Å²) in [6, 6.07) is 13.4. The van der Waals surface area contributed by atoms with E-state index in [1.54, 1.807) is 30.4 Å². The van der Waals surface area contributed by atoms with Gasteiger partial charge in [0.15, 0.2) is 0 Å². The van der Waals surface area contributed by atoms with E-state index in [0.717, 1.165) is 17.3 Å². The maximum atomic E-state index is 11.9. The van der Waals surface area contributed by atoms with E-state index in [-0.39, 0.29) is 16.8 Å². The minimum Gasteiger partial charge on any atom is -0.465 e. The zero-order valence-corrected chi connectivity index (χ0v) is 16.8. The largest absolute Gasteiger partial charge is 0.465 e. The van der Waals surface area contributed by atoms with Crippen molar-refractivity contribution in [2.45, 2.75) is 30.9 Å². The van der Waals surface area contributed by atoms with Gasteiger partial charge in [-0.1, -0.05) is 30.0 Å². The van der Waals surface area contributed by atoms with Crippen LogP contribution in [0.3, 0.4) is 0 Å². The molecule has 0 saturated heterocycles. The number of hydrogen-bond donors (Lipinski definition) is 0. The molecule has 0 saturated carbocycles. The van der Waals surface area contributed by atoms with E-state index < -0.39 is 4.75 Å². The third-order valence-electron chi connectivity index (χ3n) is 3.53. The first-order valence-corrected chi connectivity index (χ1v) is 10.2. The number of rotatable bonds is 8. The second-order valence-electron chi connectivity index (χ2n) is 5.71. The Morgan fingerprint density at radius 1 is 1.35 bits per heavy atom. The van der Waals surface area contributed by atoms with Gasteiger partial charge in [0.1, 0.15) is 10.5 Å². The van der Waals surface area contributed by atoms with Crippen LogP contribution < -0.4 is 4.74 Å². The molecule has 0 aliphatic rings. The topological polar surface area (TPSA) is 59.3 Å². The number of thioether (sulfide) groups is 1. The number of carbonyl (C=O) groups is 1. The highest BCUT2D eigenvalue weighted by Crippen LogP contribution is 2.31. The molecule has 0 fully saturated rings. The quantitative estimate of drug-likeness (QED) is 0.455. The number of benzene rings is 1. The molecule has 1 unspecified atom stereocenters. The monoisotopic (exact) mass is 405 g/mol. The molecule has 0 aliphatic carbocycles. The SMILES string of the molecule is CC(C#N)(CCC(=O)OCCc1ccsc1)SC(=S)Oc1ccccc1. The van der Waals surface area contributed by atoms with E-state index in [1.807, 2.05) is 35.0 Å². The van der Waals surface area contributed by atoms with Crippen molar-refractivity contribution in [1.82, 2.24) is 0 Å². The number of thiophene rings is 1. The van der Waals surface area contributed by atoms with E-state index in [0.29, 0.717) is 25.2 Å². The molecule has 0 bridgehead atoms.